The van der Waals surface area contributed by atoms with Crippen molar-refractivity contribution in [3.63, 3.8) is 0 Å². The molecule has 4 rings (SSSR count). The highest BCUT2D eigenvalue weighted by Gasteiger charge is 2.35. The van der Waals surface area contributed by atoms with E-state index in [1.807, 2.05) is 0 Å². The molecule has 1 atom stereocenters. The fraction of sp³-hybridized carbons (Fsp3) is 0.500. The normalized spacial score (nSPS) is 21.2. The summed E-state index contributed by atoms with van der Waals surface area (Å²) in [7, 11) is 0. The standard InChI is InChI=1S/C18H21F3N6O/c19-18(20,21)14-3-1-2-4-16(14)27-12-15(23-24-27)17(28)26-8-5-13(11-26)25-9-6-22-7-10-25/h1-4,12-13,22H,5-11H2. The highest BCUT2D eigenvalue weighted by atomic mass is 19.4. The quantitative estimate of drug-likeness (QED) is 0.853. The molecule has 2 aromatic rings. The number of benzene rings is 1. The highest BCUT2D eigenvalue weighted by molar-refractivity contribution is 5.92. The Morgan fingerprint density at radius 2 is 1.89 bits per heavy atom. The third kappa shape index (κ3) is 3.74. The maximum absolute atomic E-state index is 13.2. The van der Waals surface area contributed by atoms with E-state index in [-0.39, 0.29) is 17.3 Å². The Balaban J connectivity index is 1.49. The van der Waals surface area contributed by atoms with Gasteiger partial charge in [-0.15, -0.1) is 5.10 Å². The Labute approximate surface area is 160 Å². The molecule has 1 aromatic carbocycles. The maximum Gasteiger partial charge on any atom is 0.418 e. The van der Waals surface area contributed by atoms with Gasteiger partial charge in [0.15, 0.2) is 5.69 Å². The molecule has 2 aliphatic rings. The van der Waals surface area contributed by atoms with E-state index in [2.05, 4.69) is 20.5 Å². The van der Waals surface area contributed by atoms with Crippen LogP contribution in [0.3, 0.4) is 0 Å². The molecule has 2 fully saturated rings. The van der Waals surface area contributed by atoms with E-state index in [0.29, 0.717) is 19.1 Å². The van der Waals surface area contributed by atoms with Crippen molar-refractivity contribution in [2.24, 2.45) is 0 Å². The summed E-state index contributed by atoms with van der Waals surface area (Å²) in [6.45, 7) is 5.01. The minimum Gasteiger partial charge on any atom is -0.336 e. The molecule has 2 saturated heterocycles. The predicted molar refractivity (Wildman–Crippen MR) is 95.1 cm³/mol. The van der Waals surface area contributed by atoms with Crippen LogP contribution in [0.1, 0.15) is 22.5 Å². The number of aromatic nitrogens is 3. The van der Waals surface area contributed by atoms with E-state index in [9.17, 15) is 18.0 Å². The topological polar surface area (TPSA) is 66.3 Å². The third-order valence-electron chi connectivity index (χ3n) is 5.29. The highest BCUT2D eigenvalue weighted by Crippen LogP contribution is 2.33. The lowest BCUT2D eigenvalue weighted by molar-refractivity contribution is -0.137. The van der Waals surface area contributed by atoms with Crippen LogP contribution in [0.4, 0.5) is 13.2 Å². The van der Waals surface area contributed by atoms with Crippen molar-refractivity contribution in [3.05, 3.63) is 41.7 Å². The number of likely N-dealkylation sites (tertiary alicyclic amines) is 1. The average Bonchev–Trinajstić information content (AvgIpc) is 3.38. The summed E-state index contributed by atoms with van der Waals surface area (Å²) in [5.74, 6) is -0.298. The zero-order valence-electron chi connectivity index (χ0n) is 15.2. The Kier molecular flexibility index (Phi) is 5.07. The van der Waals surface area contributed by atoms with Crippen LogP contribution < -0.4 is 5.32 Å². The van der Waals surface area contributed by atoms with Crippen LogP contribution in [0.5, 0.6) is 0 Å². The predicted octanol–water partition coefficient (Wildman–Crippen LogP) is 1.41. The summed E-state index contributed by atoms with van der Waals surface area (Å²) < 4.78 is 40.7. The molecular weight excluding hydrogens is 373 g/mol. The van der Waals surface area contributed by atoms with Gasteiger partial charge in [-0.1, -0.05) is 17.3 Å². The number of nitrogens with one attached hydrogen (secondary N) is 1. The zero-order chi connectivity index (χ0) is 19.7. The summed E-state index contributed by atoms with van der Waals surface area (Å²) in [4.78, 5) is 16.8. The number of halogens is 3. The number of amides is 1. The van der Waals surface area contributed by atoms with Crippen LogP contribution >= 0.6 is 0 Å². The van der Waals surface area contributed by atoms with E-state index in [0.717, 1.165) is 43.3 Å². The van der Waals surface area contributed by atoms with Crippen LogP contribution in [-0.2, 0) is 6.18 Å². The van der Waals surface area contributed by atoms with Crippen LogP contribution in [-0.4, -0.2) is 76.0 Å². The Morgan fingerprint density at radius 3 is 2.64 bits per heavy atom. The molecule has 7 nitrogen and oxygen atoms in total. The number of hydrogen-bond donors (Lipinski definition) is 1. The van der Waals surface area contributed by atoms with Crippen molar-refractivity contribution in [1.82, 2.24) is 30.1 Å². The molecule has 3 heterocycles. The number of rotatable bonds is 3. The van der Waals surface area contributed by atoms with E-state index < -0.39 is 11.7 Å². The largest absolute Gasteiger partial charge is 0.418 e. The number of piperazine rings is 1. The van der Waals surface area contributed by atoms with Crippen molar-refractivity contribution in [2.75, 3.05) is 39.3 Å². The third-order valence-corrected chi connectivity index (χ3v) is 5.29. The van der Waals surface area contributed by atoms with Crippen molar-refractivity contribution in [2.45, 2.75) is 18.6 Å². The molecule has 10 heteroatoms. The molecular formula is C18H21F3N6O. The number of hydrogen-bond acceptors (Lipinski definition) is 5. The fourth-order valence-corrected chi connectivity index (χ4v) is 3.83. The molecule has 2 aliphatic heterocycles. The number of nitrogens with zero attached hydrogens (tertiary/aromatic N) is 5. The molecule has 0 aliphatic carbocycles. The SMILES string of the molecule is O=C(c1cn(-c2ccccc2C(F)(F)F)nn1)N1CCC(N2CCNCC2)C1. The summed E-state index contributed by atoms with van der Waals surface area (Å²) in [6.07, 6.45) is -2.36. The van der Waals surface area contributed by atoms with Gasteiger partial charge in [-0.2, -0.15) is 13.2 Å². The summed E-state index contributed by atoms with van der Waals surface area (Å²) in [5.41, 5.74) is -0.918. The number of para-hydroxylation sites is 1. The first-order valence-electron chi connectivity index (χ1n) is 9.26. The van der Waals surface area contributed by atoms with Gasteiger partial charge in [0, 0.05) is 45.3 Å². The van der Waals surface area contributed by atoms with Gasteiger partial charge in [0.1, 0.15) is 0 Å². The number of carbonyl (C=O) groups excluding carboxylic acids is 1. The van der Waals surface area contributed by atoms with Gasteiger partial charge in [-0.05, 0) is 18.6 Å². The van der Waals surface area contributed by atoms with Crippen LogP contribution in [0.2, 0.25) is 0 Å². The van der Waals surface area contributed by atoms with Gasteiger partial charge in [-0.3, -0.25) is 9.69 Å². The average molecular weight is 394 g/mol. The summed E-state index contributed by atoms with van der Waals surface area (Å²) in [5, 5.41) is 10.9. The molecule has 150 valence electrons. The molecule has 1 unspecified atom stereocenters. The van der Waals surface area contributed by atoms with Gasteiger partial charge in [-0.25, -0.2) is 4.68 Å². The zero-order valence-corrected chi connectivity index (χ0v) is 15.2. The Hall–Kier alpha value is -2.46. The van der Waals surface area contributed by atoms with Gasteiger partial charge in [0.25, 0.3) is 5.91 Å². The van der Waals surface area contributed by atoms with E-state index in [4.69, 9.17) is 0 Å². The van der Waals surface area contributed by atoms with Crippen LogP contribution in [0.25, 0.3) is 5.69 Å². The van der Waals surface area contributed by atoms with E-state index in [1.165, 1.54) is 24.4 Å². The van der Waals surface area contributed by atoms with Crippen LogP contribution in [0, 0.1) is 0 Å². The molecule has 0 bridgehead atoms. The second kappa shape index (κ2) is 7.51. The lowest BCUT2D eigenvalue weighted by Crippen LogP contribution is -2.49. The second-order valence-electron chi connectivity index (χ2n) is 7.04. The van der Waals surface area contributed by atoms with E-state index in [1.54, 1.807) is 4.90 Å². The van der Waals surface area contributed by atoms with Gasteiger partial charge >= 0.3 is 6.18 Å². The van der Waals surface area contributed by atoms with Crippen molar-refractivity contribution in [3.8, 4) is 5.69 Å². The molecule has 1 aromatic heterocycles. The maximum atomic E-state index is 13.2. The summed E-state index contributed by atoms with van der Waals surface area (Å²) in [6, 6.07) is 5.41. The lowest BCUT2D eigenvalue weighted by Gasteiger charge is -2.32. The van der Waals surface area contributed by atoms with Gasteiger partial charge in [0.2, 0.25) is 0 Å². The number of alkyl halides is 3. The van der Waals surface area contributed by atoms with Crippen molar-refractivity contribution in [1.29, 1.82) is 0 Å². The molecule has 28 heavy (non-hydrogen) atoms. The number of carbonyl (C=O) groups is 1. The van der Waals surface area contributed by atoms with Gasteiger partial charge < -0.3 is 10.2 Å². The molecule has 0 radical (unpaired) electrons. The Bertz CT molecular complexity index is 846. The smallest absolute Gasteiger partial charge is 0.336 e. The molecule has 1 amide bonds. The first-order valence-corrected chi connectivity index (χ1v) is 9.26. The monoisotopic (exact) mass is 394 g/mol. The van der Waals surface area contributed by atoms with Crippen molar-refractivity contribution >= 4 is 5.91 Å². The first-order chi connectivity index (χ1) is 13.4. The van der Waals surface area contributed by atoms with Crippen LogP contribution in [0.15, 0.2) is 30.5 Å². The Morgan fingerprint density at radius 1 is 1.14 bits per heavy atom. The minimum atomic E-state index is -4.52. The molecule has 1 N–H and O–H groups in total. The first kappa shape index (κ1) is 18.9. The molecule has 0 saturated carbocycles. The van der Waals surface area contributed by atoms with Gasteiger partial charge in [0.05, 0.1) is 17.4 Å². The van der Waals surface area contributed by atoms with E-state index >= 15 is 0 Å². The minimum absolute atomic E-state index is 0.0536. The fourth-order valence-electron chi connectivity index (χ4n) is 3.83. The molecule has 0 spiro atoms. The van der Waals surface area contributed by atoms with Crippen molar-refractivity contribution < 1.29 is 18.0 Å². The second-order valence-corrected chi connectivity index (χ2v) is 7.04. The summed E-state index contributed by atoms with van der Waals surface area (Å²) >= 11 is 0. The lowest BCUT2D eigenvalue weighted by atomic mass is 10.1.